The molecule has 11 nitrogen and oxygen atoms in total. The first-order valence-corrected chi connectivity index (χ1v) is 10.9. The van der Waals surface area contributed by atoms with Crippen molar-refractivity contribution in [1.29, 1.82) is 5.41 Å². The number of carbonyl (C=O) groups excluding carboxylic acids is 1. The Balaban J connectivity index is 1.54. The summed E-state index contributed by atoms with van der Waals surface area (Å²) < 4.78 is 10.5. The number of rotatable bonds is 2. The normalized spacial score (nSPS) is 14.3. The fraction of sp³-hybridized carbons (Fsp3) is 0.292. The number of amidine groups is 1. The van der Waals surface area contributed by atoms with E-state index in [1.54, 1.807) is 6.20 Å². The van der Waals surface area contributed by atoms with Crippen LogP contribution in [0.15, 0.2) is 29.6 Å². The van der Waals surface area contributed by atoms with Gasteiger partial charge in [0.05, 0.1) is 28.7 Å². The number of aryl methyl sites for hydroxylation is 2. The van der Waals surface area contributed by atoms with Gasteiger partial charge in [-0.25, -0.2) is 15.0 Å². The molecule has 4 rings (SSSR count). The lowest BCUT2D eigenvalue weighted by molar-refractivity contribution is 0.0787. The van der Waals surface area contributed by atoms with Crippen molar-refractivity contribution < 1.29 is 14.3 Å². The summed E-state index contributed by atoms with van der Waals surface area (Å²) in [6, 6.07) is 1.13. The lowest BCUT2D eigenvalue weighted by Crippen LogP contribution is -2.30. The minimum Gasteiger partial charge on any atom is -0.411 e. The minimum absolute atomic E-state index is 0.0325. The summed E-state index contributed by atoms with van der Waals surface area (Å²) in [5.74, 6) is 5.33. The third kappa shape index (κ3) is 5.56. The Morgan fingerprint density at radius 3 is 2.69 bits per heavy atom. The van der Waals surface area contributed by atoms with Gasteiger partial charge in [0.2, 0.25) is 0 Å². The number of nitrogens with one attached hydrogen (secondary N) is 1. The molecular weight excluding hydrogens is 448 g/mol. The number of fused-ring (bicyclic) bond motifs is 1. The third-order valence-corrected chi connectivity index (χ3v) is 5.49. The van der Waals surface area contributed by atoms with Gasteiger partial charge in [-0.2, -0.15) is 4.99 Å². The standard InChI is InChI=1S/C24H24N8O3/c1-13-14(2)31-20-18(21(25)29-12-19(20)30-13)4-3-15-9-17(11-28-10-15)23(33)32-24(27)35-22(26)16-5-7-34-8-6-16/h9-12,16,26H,5-8H2,1-2H3,(H2,25,29)(H2,27,32,33). The summed E-state index contributed by atoms with van der Waals surface area (Å²) in [5.41, 5.74) is 15.5. The maximum atomic E-state index is 12.6. The van der Waals surface area contributed by atoms with Crippen LogP contribution in [0, 0.1) is 37.0 Å². The van der Waals surface area contributed by atoms with Crippen molar-refractivity contribution in [3.8, 4) is 11.8 Å². The van der Waals surface area contributed by atoms with Crippen molar-refractivity contribution in [2.75, 3.05) is 18.9 Å². The van der Waals surface area contributed by atoms with E-state index in [2.05, 4.69) is 36.8 Å². The van der Waals surface area contributed by atoms with Gasteiger partial charge in [-0.3, -0.25) is 15.2 Å². The van der Waals surface area contributed by atoms with Gasteiger partial charge < -0.3 is 20.9 Å². The van der Waals surface area contributed by atoms with Gasteiger partial charge in [0.1, 0.15) is 16.9 Å². The van der Waals surface area contributed by atoms with Crippen molar-refractivity contribution in [1.82, 2.24) is 19.9 Å². The Morgan fingerprint density at radius 2 is 1.91 bits per heavy atom. The number of nitrogen functional groups attached to an aromatic ring is 1. The number of ether oxygens (including phenoxy) is 2. The monoisotopic (exact) mass is 472 g/mol. The van der Waals surface area contributed by atoms with E-state index in [9.17, 15) is 4.79 Å². The van der Waals surface area contributed by atoms with Crippen LogP contribution in [0.3, 0.4) is 0 Å². The van der Waals surface area contributed by atoms with Crippen LogP contribution in [-0.2, 0) is 9.47 Å². The fourth-order valence-corrected chi connectivity index (χ4v) is 3.44. The molecule has 0 spiro atoms. The van der Waals surface area contributed by atoms with Crippen LogP contribution < -0.4 is 11.5 Å². The Labute approximate surface area is 201 Å². The van der Waals surface area contributed by atoms with Crippen LogP contribution in [0.25, 0.3) is 11.0 Å². The first-order valence-electron chi connectivity index (χ1n) is 10.9. The van der Waals surface area contributed by atoms with Crippen molar-refractivity contribution >= 4 is 34.7 Å². The van der Waals surface area contributed by atoms with Crippen LogP contribution in [0.2, 0.25) is 0 Å². The average Bonchev–Trinajstić information content (AvgIpc) is 2.85. The number of aliphatic imine (C=N–C) groups is 1. The third-order valence-electron chi connectivity index (χ3n) is 5.49. The maximum absolute atomic E-state index is 12.6. The van der Waals surface area contributed by atoms with Gasteiger partial charge in [0.25, 0.3) is 11.9 Å². The van der Waals surface area contributed by atoms with Crippen LogP contribution in [-0.4, -0.2) is 51.0 Å². The van der Waals surface area contributed by atoms with Gasteiger partial charge in [0, 0.05) is 37.1 Å². The van der Waals surface area contributed by atoms with Crippen molar-refractivity contribution in [3.63, 3.8) is 0 Å². The zero-order valence-electron chi connectivity index (χ0n) is 19.3. The average molecular weight is 473 g/mol. The predicted octanol–water partition coefficient (Wildman–Crippen LogP) is 1.89. The predicted molar refractivity (Wildman–Crippen MR) is 130 cm³/mol. The van der Waals surface area contributed by atoms with E-state index in [-0.39, 0.29) is 23.2 Å². The Hall–Kier alpha value is -4.43. The number of nitrogens with two attached hydrogens (primary N) is 2. The van der Waals surface area contributed by atoms with E-state index >= 15 is 0 Å². The van der Waals surface area contributed by atoms with Gasteiger partial charge in [-0.05, 0) is 32.8 Å². The zero-order chi connectivity index (χ0) is 24.9. The smallest absolute Gasteiger partial charge is 0.296 e. The molecule has 0 aromatic carbocycles. The molecule has 0 bridgehead atoms. The Kier molecular flexibility index (Phi) is 6.93. The molecule has 178 valence electrons. The summed E-state index contributed by atoms with van der Waals surface area (Å²) in [7, 11) is 0. The van der Waals surface area contributed by atoms with Gasteiger partial charge in [-0.1, -0.05) is 11.8 Å². The highest BCUT2D eigenvalue weighted by Crippen LogP contribution is 2.20. The van der Waals surface area contributed by atoms with E-state index in [1.165, 1.54) is 18.5 Å². The second-order valence-electron chi connectivity index (χ2n) is 7.97. The number of pyridine rings is 2. The lowest BCUT2D eigenvalue weighted by Gasteiger charge is -2.21. The Morgan fingerprint density at radius 1 is 1.17 bits per heavy atom. The summed E-state index contributed by atoms with van der Waals surface area (Å²) in [6.45, 7) is 4.83. The molecule has 1 aliphatic heterocycles. The van der Waals surface area contributed by atoms with E-state index in [4.69, 9.17) is 26.4 Å². The quantitative estimate of drug-likeness (QED) is 0.286. The summed E-state index contributed by atoms with van der Waals surface area (Å²) in [6.07, 6.45) is 5.73. The maximum Gasteiger partial charge on any atom is 0.296 e. The molecule has 0 radical (unpaired) electrons. The topological polar surface area (TPSA) is 175 Å². The molecule has 0 atom stereocenters. The number of aromatic nitrogens is 4. The Bertz CT molecular complexity index is 1400. The van der Waals surface area contributed by atoms with Crippen molar-refractivity contribution in [2.45, 2.75) is 26.7 Å². The molecule has 5 N–H and O–H groups in total. The van der Waals surface area contributed by atoms with Crippen molar-refractivity contribution in [2.24, 2.45) is 16.6 Å². The number of hydrogen-bond donors (Lipinski definition) is 3. The molecule has 11 heteroatoms. The SMILES string of the molecule is Cc1nc2cnc(N)c(C#Cc3cncc(C(=O)N=C(N)OC(=N)C4CCOCC4)c3)c2nc1C. The van der Waals surface area contributed by atoms with E-state index in [0.29, 0.717) is 48.2 Å². The summed E-state index contributed by atoms with van der Waals surface area (Å²) >= 11 is 0. The number of nitrogens with zero attached hydrogens (tertiary/aromatic N) is 5. The van der Waals surface area contributed by atoms with E-state index in [0.717, 1.165) is 11.4 Å². The molecule has 3 aromatic rings. The number of hydrogen-bond acceptors (Lipinski definition) is 9. The highest BCUT2D eigenvalue weighted by Gasteiger charge is 2.21. The van der Waals surface area contributed by atoms with Gasteiger partial charge in [-0.15, -0.1) is 0 Å². The lowest BCUT2D eigenvalue weighted by atomic mass is 10.0. The van der Waals surface area contributed by atoms with Gasteiger partial charge >= 0.3 is 0 Å². The zero-order valence-corrected chi connectivity index (χ0v) is 19.3. The molecule has 1 amide bonds. The first-order chi connectivity index (χ1) is 16.8. The molecule has 35 heavy (non-hydrogen) atoms. The highest BCUT2D eigenvalue weighted by molar-refractivity contribution is 6.03. The molecule has 3 aromatic heterocycles. The summed E-state index contributed by atoms with van der Waals surface area (Å²) in [4.78, 5) is 33.6. The molecule has 0 saturated carbocycles. The molecule has 1 saturated heterocycles. The largest absolute Gasteiger partial charge is 0.411 e. The first kappa shape index (κ1) is 23.7. The second kappa shape index (κ2) is 10.2. The number of carbonyl (C=O) groups is 1. The van der Waals surface area contributed by atoms with Crippen LogP contribution in [0.1, 0.15) is 45.7 Å². The van der Waals surface area contributed by atoms with E-state index < -0.39 is 11.9 Å². The number of anilines is 1. The molecular formula is C24H24N8O3. The molecule has 4 heterocycles. The van der Waals surface area contributed by atoms with Crippen LogP contribution in [0.4, 0.5) is 5.82 Å². The van der Waals surface area contributed by atoms with Crippen LogP contribution in [0.5, 0.6) is 0 Å². The van der Waals surface area contributed by atoms with Crippen molar-refractivity contribution in [3.05, 3.63) is 52.7 Å². The highest BCUT2D eigenvalue weighted by atomic mass is 16.5. The van der Waals surface area contributed by atoms with Gasteiger partial charge in [0.15, 0.2) is 5.90 Å². The van der Waals surface area contributed by atoms with E-state index in [1.807, 2.05) is 13.8 Å². The second-order valence-corrected chi connectivity index (χ2v) is 7.97. The fourth-order valence-electron chi connectivity index (χ4n) is 3.44. The molecule has 1 aliphatic rings. The molecule has 1 fully saturated rings. The summed E-state index contributed by atoms with van der Waals surface area (Å²) in [5, 5.41) is 8.03. The minimum atomic E-state index is -0.665. The number of amides is 1. The van der Waals surface area contributed by atoms with Crippen LogP contribution >= 0.6 is 0 Å². The molecule has 0 unspecified atom stereocenters. The molecule has 0 aliphatic carbocycles.